The first-order chi connectivity index (χ1) is 11.1. The van der Waals surface area contributed by atoms with Gasteiger partial charge in [0, 0.05) is 27.4 Å². The minimum Gasteiger partial charge on any atom is -0.294 e. The fraction of sp³-hybridized carbons (Fsp3) is 0.0526. The molecule has 0 saturated carbocycles. The Labute approximate surface area is 146 Å². The molecule has 0 radical (unpaired) electrons. The van der Waals surface area contributed by atoms with Crippen molar-refractivity contribution in [3.05, 3.63) is 74.8 Å². The Morgan fingerprint density at radius 3 is 2.83 bits per heavy atom. The Balaban J connectivity index is 1.90. The highest BCUT2D eigenvalue weighted by molar-refractivity contribution is 9.10. The molecule has 0 amide bonds. The zero-order chi connectivity index (χ0) is 16.0. The molecular formula is C19H11BrClNO. The van der Waals surface area contributed by atoms with Crippen LogP contribution in [-0.4, -0.2) is 10.8 Å². The van der Waals surface area contributed by atoms with Crippen LogP contribution in [0.5, 0.6) is 0 Å². The number of nitrogens with zero attached hydrogens (tertiary/aromatic N) is 1. The van der Waals surface area contributed by atoms with Gasteiger partial charge in [-0.1, -0.05) is 51.8 Å². The summed E-state index contributed by atoms with van der Waals surface area (Å²) in [6, 6.07) is 15.7. The summed E-state index contributed by atoms with van der Waals surface area (Å²) in [7, 11) is 0. The zero-order valence-electron chi connectivity index (χ0n) is 12.0. The number of carbonyl (C=O) groups excluding carboxylic acids is 1. The molecule has 23 heavy (non-hydrogen) atoms. The summed E-state index contributed by atoms with van der Waals surface area (Å²) >= 11 is 9.78. The van der Waals surface area contributed by atoms with Crippen LogP contribution in [0.2, 0.25) is 5.15 Å². The molecule has 1 aliphatic rings. The molecule has 0 unspecified atom stereocenters. The minimum atomic E-state index is 0.122. The molecule has 3 aromatic rings. The van der Waals surface area contributed by atoms with E-state index in [1.807, 2.05) is 54.6 Å². The van der Waals surface area contributed by atoms with Crippen molar-refractivity contribution in [2.45, 2.75) is 6.42 Å². The van der Waals surface area contributed by atoms with Gasteiger partial charge in [-0.05, 0) is 41.5 Å². The number of pyridine rings is 1. The van der Waals surface area contributed by atoms with E-state index in [-0.39, 0.29) is 5.78 Å². The number of hydrogen-bond donors (Lipinski definition) is 0. The predicted molar refractivity (Wildman–Crippen MR) is 97.5 cm³/mol. The largest absolute Gasteiger partial charge is 0.294 e. The van der Waals surface area contributed by atoms with E-state index < -0.39 is 0 Å². The van der Waals surface area contributed by atoms with E-state index in [4.69, 9.17) is 11.6 Å². The standard InChI is InChI=1S/C19H11BrClNO/c20-14-5-6-17-12(8-14)7-13(19(21)22-17)9-16-15-4-2-1-3-11(15)10-18(16)23/h1-9H,10H2/b16-9+. The van der Waals surface area contributed by atoms with Gasteiger partial charge in [0.05, 0.1) is 5.52 Å². The second kappa shape index (κ2) is 5.59. The highest BCUT2D eigenvalue weighted by atomic mass is 79.9. The molecule has 4 heteroatoms. The SMILES string of the molecule is O=C1Cc2ccccc2/C1=C\c1cc2cc(Br)ccc2nc1Cl. The second-order valence-corrected chi connectivity index (χ2v) is 6.79. The quantitative estimate of drug-likeness (QED) is 0.420. The third-order valence-electron chi connectivity index (χ3n) is 4.02. The lowest BCUT2D eigenvalue weighted by Gasteiger charge is -2.05. The van der Waals surface area contributed by atoms with Crippen LogP contribution in [0.25, 0.3) is 22.6 Å². The third-order valence-corrected chi connectivity index (χ3v) is 4.81. The van der Waals surface area contributed by atoms with Crippen molar-refractivity contribution >= 4 is 55.9 Å². The number of rotatable bonds is 1. The highest BCUT2D eigenvalue weighted by Gasteiger charge is 2.24. The van der Waals surface area contributed by atoms with Gasteiger partial charge >= 0.3 is 0 Å². The van der Waals surface area contributed by atoms with Gasteiger partial charge in [-0.3, -0.25) is 4.79 Å². The molecule has 1 heterocycles. The third kappa shape index (κ3) is 2.60. The van der Waals surface area contributed by atoms with Gasteiger partial charge in [-0.25, -0.2) is 4.98 Å². The molecule has 0 bridgehead atoms. The van der Waals surface area contributed by atoms with Gasteiger partial charge in [0.25, 0.3) is 0 Å². The average molecular weight is 385 g/mol. The van der Waals surface area contributed by atoms with E-state index in [2.05, 4.69) is 20.9 Å². The summed E-state index contributed by atoms with van der Waals surface area (Å²) in [6.45, 7) is 0. The van der Waals surface area contributed by atoms with E-state index in [1.165, 1.54) is 0 Å². The van der Waals surface area contributed by atoms with Crippen molar-refractivity contribution in [3.8, 4) is 0 Å². The first-order valence-corrected chi connectivity index (χ1v) is 8.38. The maximum atomic E-state index is 12.3. The monoisotopic (exact) mass is 383 g/mol. The van der Waals surface area contributed by atoms with E-state index in [9.17, 15) is 4.79 Å². The maximum absolute atomic E-state index is 12.3. The van der Waals surface area contributed by atoms with Crippen LogP contribution >= 0.6 is 27.5 Å². The van der Waals surface area contributed by atoms with Crippen molar-refractivity contribution in [3.63, 3.8) is 0 Å². The van der Waals surface area contributed by atoms with Gasteiger partial charge in [0.15, 0.2) is 5.78 Å². The molecular weight excluding hydrogens is 374 g/mol. The smallest absolute Gasteiger partial charge is 0.167 e. The van der Waals surface area contributed by atoms with E-state index in [0.717, 1.165) is 32.1 Å². The van der Waals surface area contributed by atoms with Crippen molar-refractivity contribution in [1.29, 1.82) is 0 Å². The van der Waals surface area contributed by atoms with Crippen LogP contribution in [0.15, 0.2) is 53.0 Å². The number of benzene rings is 2. The Morgan fingerprint density at radius 1 is 1.13 bits per heavy atom. The Hall–Kier alpha value is -1.97. The van der Waals surface area contributed by atoms with Crippen molar-refractivity contribution in [1.82, 2.24) is 4.98 Å². The first kappa shape index (κ1) is 14.6. The molecule has 0 aliphatic heterocycles. The highest BCUT2D eigenvalue weighted by Crippen LogP contribution is 2.33. The summed E-state index contributed by atoms with van der Waals surface area (Å²) in [5.41, 5.74) is 4.36. The molecule has 2 aromatic carbocycles. The summed E-state index contributed by atoms with van der Waals surface area (Å²) < 4.78 is 0.981. The van der Waals surface area contributed by atoms with Gasteiger partial charge in [0.1, 0.15) is 5.15 Å². The first-order valence-electron chi connectivity index (χ1n) is 7.21. The second-order valence-electron chi connectivity index (χ2n) is 5.52. The summed E-state index contributed by atoms with van der Waals surface area (Å²) in [4.78, 5) is 16.8. The van der Waals surface area contributed by atoms with Crippen molar-refractivity contribution in [2.75, 3.05) is 0 Å². The van der Waals surface area contributed by atoms with Crippen LogP contribution in [0.4, 0.5) is 0 Å². The molecule has 2 nitrogen and oxygen atoms in total. The Morgan fingerprint density at radius 2 is 1.96 bits per heavy atom. The molecule has 4 rings (SSSR count). The van der Waals surface area contributed by atoms with Gasteiger partial charge in [-0.15, -0.1) is 0 Å². The molecule has 0 saturated heterocycles. The molecule has 1 aromatic heterocycles. The lowest BCUT2D eigenvalue weighted by Crippen LogP contribution is -1.94. The Kier molecular flexibility index (Phi) is 3.55. The summed E-state index contributed by atoms with van der Waals surface area (Å²) in [5.74, 6) is 0.122. The fourth-order valence-corrected chi connectivity index (χ4v) is 3.49. The van der Waals surface area contributed by atoms with Crippen LogP contribution in [0.3, 0.4) is 0 Å². The van der Waals surface area contributed by atoms with E-state index >= 15 is 0 Å². The van der Waals surface area contributed by atoms with Crippen LogP contribution in [0, 0.1) is 0 Å². The van der Waals surface area contributed by atoms with E-state index in [0.29, 0.717) is 17.1 Å². The number of halogens is 2. The van der Waals surface area contributed by atoms with Gasteiger partial charge < -0.3 is 0 Å². The number of aromatic nitrogens is 1. The van der Waals surface area contributed by atoms with Crippen molar-refractivity contribution < 1.29 is 4.79 Å². The fourth-order valence-electron chi connectivity index (χ4n) is 2.91. The van der Waals surface area contributed by atoms with Crippen LogP contribution in [-0.2, 0) is 11.2 Å². The Bertz CT molecular complexity index is 994. The number of Topliss-reactive ketones (excluding diaryl/α,β-unsaturated/α-hetero) is 1. The number of allylic oxidation sites excluding steroid dienone is 1. The van der Waals surface area contributed by atoms with Gasteiger partial charge in [0.2, 0.25) is 0 Å². The van der Waals surface area contributed by atoms with Crippen molar-refractivity contribution in [2.24, 2.45) is 0 Å². The lowest BCUT2D eigenvalue weighted by molar-refractivity contribution is -0.112. The topological polar surface area (TPSA) is 30.0 Å². The zero-order valence-corrected chi connectivity index (χ0v) is 14.4. The number of fused-ring (bicyclic) bond motifs is 2. The number of ketones is 1. The molecule has 112 valence electrons. The molecule has 0 fully saturated rings. The normalized spacial score (nSPS) is 15.4. The number of carbonyl (C=O) groups is 1. The minimum absolute atomic E-state index is 0.122. The predicted octanol–water partition coefficient (Wildman–Crippen LogP) is 5.32. The summed E-state index contributed by atoms with van der Waals surface area (Å²) in [6.07, 6.45) is 2.30. The van der Waals surface area contributed by atoms with E-state index in [1.54, 1.807) is 0 Å². The van der Waals surface area contributed by atoms with Crippen LogP contribution in [0.1, 0.15) is 16.7 Å². The molecule has 0 N–H and O–H groups in total. The molecule has 0 atom stereocenters. The average Bonchev–Trinajstić information content (AvgIpc) is 2.84. The molecule has 1 aliphatic carbocycles. The number of hydrogen-bond acceptors (Lipinski definition) is 2. The summed E-state index contributed by atoms with van der Waals surface area (Å²) in [5, 5.41) is 1.39. The van der Waals surface area contributed by atoms with Gasteiger partial charge in [-0.2, -0.15) is 0 Å². The molecule has 0 spiro atoms. The van der Waals surface area contributed by atoms with Crippen LogP contribution < -0.4 is 0 Å². The maximum Gasteiger partial charge on any atom is 0.167 e. The lowest BCUT2D eigenvalue weighted by atomic mass is 10.0.